The maximum Gasteiger partial charge on any atom is 0.167 e. The summed E-state index contributed by atoms with van der Waals surface area (Å²) in [5.74, 6) is 0.329. The van der Waals surface area contributed by atoms with Crippen molar-refractivity contribution in [3.63, 3.8) is 0 Å². The number of hydrogen-bond donors (Lipinski definition) is 6. The van der Waals surface area contributed by atoms with E-state index in [1.807, 2.05) is 30.3 Å². The van der Waals surface area contributed by atoms with Gasteiger partial charge in [0.25, 0.3) is 0 Å². The monoisotopic (exact) mass is 553 g/mol. The number of aromatic nitrogens is 4. The lowest BCUT2D eigenvalue weighted by Gasteiger charge is -2.39. The highest BCUT2D eigenvalue weighted by atomic mass is 16.5. The molecule has 11 nitrogen and oxygen atoms in total. The number of aliphatic hydroxyl groups is 5. The van der Waals surface area contributed by atoms with Gasteiger partial charge in [0.1, 0.15) is 37.0 Å². The Labute approximate surface area is 232 Å². The summed E-state index contributed by atoms with van der Waals surface area (Å²) in [5.41, 5.74) is 2.07. The van der Waals surface area contributed by atoms with Crippen molar-refractivity contribution in [3.05, 3.63) is 72.3 Å². The number of anilines is 1. The van der Waals surface area contributed by atoms with Crippen LogP contribution in [0.1, 0.15) is 35.9 Å². The van der Waals surface area contributed by atoms with Crippen LogP contribution in [0.5, 0.6) is 0 Å². The molecule has 1 aliphatic heterocycles. The van der Waals surface area contributed by atoms with Crippen LogP contribution in [-0.2, 0) is 4.74 Å². The van der Waals surface area contributed by atoms with E-state index in [-0.39, 0.29) is 13.0 Å². The summed E-state index contributed by atoms with van der Waals surface area (Å²) >= 11 is 0. The lowest BCUT2D eigenvalue weighted by molar-refractivity contribution is -0.0766. The third kappa shape index (κ3) is 3.51. The number of fused-ring (bicyclic) bond motifs is 3. The molecule has 6 N–H and O–H groups in total. The largest absolute Gasteiger partial charge is 0.394 e. The van der Waals surface area contributed by atoms with Crippen LogP contribution in [-0.4, -0.2) is 76.1 Å². The molecule has 0 bridgehead atoms. The quantitative estimate of drug-likeness (QED) is 0.178. The number of nitrogens with one attached hydrogen (secondary N) is 1. The lowest BCUT2D eigenvalue weighted by Crippen LogP contribution is -2.44. The van der Waals surface area contributed by atoms with E-state index in [9.17, 15) is 25.5 Å². The highest BCUT2D eigenvalue weighted by molar-refractivity contribution is 6.24. The van der Waals surface area contributed by atoms with Gasteiger partial charge in [0.15, 0.2) is 17.0 Å². The minimum Gasteiger partial charge on any atom is -0.394 e. The van der Waals surface area contributed by atoms with Crippen molar-refractivity contribution in [2.24, 2.45) is 0 Å². The molecule has 0 unspecified atom stereocenters. The van der Waals surface area contributed by atoms with Gasteiger partial charge in [0.05, 0.1) is 25.1 Å². The topological polar surface area (TPSA) is 166 Å². The number of aliphatic hydroxyl groups excluding tert-OH is 5. The number of rotatable bonds is 4. The third-order valence-corrected chi connectivity index (χ3v) is 8.71. The number of ether oxygens (including phenoxy) is 1. The van der Waals surface area contributed by atoms with Crippen LogP contribution in [0.15, 0.2) is 61.2 Å². The average molecular weight is 554 g/mol. The van der Waals surface area contributed by atoms with Gasteiger partial charge in [-0.2, -0.15) is 0 Å². The molecule has 3 heterocycles. The number of nitrogens with zero attached hydrogens (tertiary/aromatic N) is 4. The zero-order valence-electron chi connectivity index (χ0n) is 21.7. The summed E-state index contributed by atoms with van der Waals surface area (Å²) in [5, 5.41) is 62.5. The fourth-order valence-electron chi connectivity index (χ4n) is 6.71. The number of hydrogen-bond acceptors (Lipinski definition) is 10. The van der Waals surface area contributed by atoms with Crippen molar-refractivity contribution in [1.82, 2.24) is 19.5 Å². The first kappa shape index (κ1) is 24.8. The molecule has 0 saturated carbocycles. The van der Waals surface area contributed by atoms with Crippen molar-refractivity contribution in [2.75, 3.05) is 11.9 Å². The Balaban J connectivity index is 1.28. The van der Waals surface area contributed by atoms with E-state index in [2.05, 4.69) is 38.5 Å². The Kier molecular flexibility index (Phi) is 5.45. The van der Waals surface area contributed by atoms with E-state index >= 15 is 0 Å². The van der Waals surface area contributed by atoms with Gasteiger partial charge in [-0.15, -0.1) is 0 Å². The van der Waals surface area contributed by atoms with Gasteiger partial charge in [0, 0.05) is 6.42 Å². The normalized spacial score (nSPS) is 28.3. The van der Waals surface area contributed by atoms with Gasteiger partial charge in [-0.1, -0.05) is 42.5 Å². The highest BCUT2D eigenvalue weighted by Crippen LogP contribution is 2.46. The summed E-state index contributed by atoms with van der Waals surface area (Å²) in [6, 6.07) is 15.3. The molecular formula is C30H27N5O6. The van der Waals surface area contributed by atoms with Crippen molar-refractivity contribution in [2.45, 2.75) is 49.2 Å². The Hall–Kier alpha value is -3.97. The summed E-state index contributed by atoms with van der Waals surface area (Å²) < 4.78 is 7.48. The van der Waals surface area contributed by atoms with Gasteiger partial charge in [-0.3, -0.25) is 4.57 Å². The third-order valence-electron chi connectivity index (χ3n) is 8.71. The van der Waals surface area contributed by atoms with Crippen LogP contribution in [0.2, 0.25) is 0 Å². The van der Waals surface area contributed by atoms with Gasteiger partial charge < -0.3 is 35.6 Å². The van der Waals surface area contributed by atoms with Crippen LogP contribution in [0, 0.1) is 0 Å². The minimum atomic E-state index is -1.44. The molecule has 0 spiro atoms. The average Bonchev–Trinajstić information content (AvgIpc) is 3.60. The summed E-state index contributed by atoms with van der Waals surface area (Å²) in [6.07, 6.45) is -3.00. The zero-order chi connectivity index (χ0) is 28.0. The van der Waals surface area contributed by atoms with Crippen LogP contribution < -0.4 is 5.32 Å². The van der Waals surface area contributed by atoms with Gasteiger partial charge in [-0.25, -0.2) is 15.0 Å². The SMILES string of the molecule is OC[C@H]1O[C@@H](n2cnc3c(N[C@H]4c5c(cc6ccc7cccc8ccc5c6c78)[C@@H](O)[C@H](O)[C@@H]4O)ncnc32)C[C@H]1O. The second-order valence-electron chi connectivity index (χ2n) is 10.9. The second-order valence-corrected chi connectivity index (χ2v) is 10.9. The predicted octanol–water partition coefficient (Wildman–Crippen LogP) is 2.29. The summed E-state index contributed by atoms with van der Waals surface area (Å²) in [4.78, 5) is 13.3. The molecule has 4 aromatic carbocycles. The molecule has 208 valence electrons. The molecule has 0 amide bonds. The Morgan fingerprint density at radius 2 is 1.68 bits per heavy atom. The van der Waals surface area contributed by atoms with E-state index in [4.69, 9.17) is 4.74 Å². The first-order chi connectivity index (χ1) is 19.9. The Morgan fingerprint density at radius 3 is 2.46 bits per heavy atom. The van der Waals surface area contributed by atoms with E-state index in [1.54, 1.807) is 10.9 Å². The van der Waals surface area contributed by atoms with E-state index in [1.165, 1.54) is 6.33 Å². The molecule has 41 heavy (non-hydrogen) atoms. The highest BCUT2D eigenvalue weighted by Gasteiger charge is 2.43. The first-order valence-corrected chi connectivity index (χ1v) is 13.6. The van der Waals surface area contributed by atoms with Gasteiger partial charge in [-0.05, 0) is 49.5 Å². The van der Waals surface area contributed by atoms with Gasteiger partial charge >= 0.3 is 0 Å². The molecular weight excluding hydrogens is 526 g/mol. The predicted molar refractivity (Wildman–Crippen MR) is 150 cm³/mol. The van der Waals surface area contributed by atoms with Crippen LogP contribution in [0.25, 0.3) is 43.5 Å². The van der Waals surface area contributed by atoms with Crippen molar-refractivity contribution in [1.29, 1.82) is 0 Å². The Bertz CT molecular complexity index is 1930. The van der Waals surface area contributed by atoms with Crippen LogP contribution in [0.4, 0.5) is 5.82 Å². The summed E-state index contributed by atoms with van der Waals surface area (Å²) in [6.45, 7) is -0.304. The maximum absolute atomic E-state index is 11.3. The molecule has 0 radical (unpaired) electrons. The molecule has 2 aliphatic rings. The standard InChI is InChI=1S/C30H27N5O6/c36-10-19-18(37)9-20(41-19)35-12-33-25-29(31-11-32-30(25)35)34-24-23-16-7-6-14-3-1-2-13-4-5-15(22(16)21(13)14)8-17(23)26(38)28(40)27(24)39/h1-8,11-12,18-20,24,26-28,36-40H,9-10H2,(H,31,32,34)/t18-,19-,20-,24+,26-,27-,28+/m1/s1. The van der Waals surface area contributed by atoms with Crippen molar-refractivity contribution in [3.8, 4) is 0 Å². The molecule has 1 saturated heterocycles. The fourth-order valence-corrected chi connectivity index (χ4v) is 6.71. The fraction of sp³-hybridized carbons (Fsp3) is 0.300. The number of benzene rings is 4. The molecule has 2 aromatic heterocycles. The van der Waals surface area contributed by atoms with Crippen molar-refractivity contribution < 1.29 is 30.3 Å². The van der Waals surface area contributed by atoms with Crippen LogP contribution in [0.3, 0.4) is 0 Å². The van der Waals surface area contributed by atoms with E-state index in [0.29, 0.717) is 28.1 Å². The minimum absolute atomic E-state index is 0.265. The number of imidazole rings is 1. The van der Waals surface area contributed by atoms with Gasteiger partial charge in [0.2, 0.25) is 0 Å². The molecule has 7 atom stereocenters. The molecule has 6 aromatic rings. The second kappa shape index (κ2) is 9.02. The molecule has 1 fully saturated rings. The Morgan fingerprint density at radius 1 is 0.902 bits per heavy atom. The molecule has 11 heteroatoms. The maximum atomic E-state index is 11.3. The van der Waals surface area contributed by atoms with Crippen molar-refractivity contribution >= 4 is 49.3 Å². The van der Waals surface area contributed by atoms with Crippen LogP contribution >= 0.6 is 0 Å². The molecule has 8 rings (SSSR count). The van der Waals surface area contributed by atoms with E-state index < -0.39 is 42.8 Å². The molecule has 1 aliphatic carbocycles. The van der Waals surface area contributed by atoms with E-state index in [0.717, 1.165) is 32.3 Å². The lowest BCUT2D eigenvalue weighted by atomic mass is 9.77. The smallest absolute Gasteiger partial charge is 0.167 e. The first-order valence-electron chi connectivity index (χ1n) is 13.6. The zero-order valence-corrected chi connectivity index (χ0v) is 21.7. The summed E-state index contributed by atoms with van der Waals surface area (Å²) in [7, 11) is 0.